The van der Waals surface area contributed by atoms with Crippen molar-refractivity contribution in [1.29, 1.82) is 0 Å². The van der Waals surface area contributed by atoms with Crippen LogP contribution in [0.2, 0.25) is 0 Å². The lowest BCUT2D eigenvalue weighted by Gasteiger charge is -2.25. The van der Waals surface area contributed by atoms with E-state index in [1.54, 1.807) is 7.05 Å². The van der Waals surface area contributed by atoms with E-state index in [0.717, 1.165) is 13.1 Å². The lowest BCUT2D eigenvalue weighted by molar-refractivity contribution is -0.121. The standard InChI is InChI=1S/C12H19N5O3S/c1-14-8(18)7-16(2)11(19)9-10(13)15-12(21-9)17-3-5-20-6-4-17/h3-7,13H2,1-2H3,(H,14,18). The number of anilines is 2. The summed E-state index contributed by atoms with van der Waals surface area (Å²) in [7, 11) is 3.09. The van der Waals surface area contributed by atoms with E-state index in [-0.39, 0.29) is 24.2 Å². The van der Waals surface area contributed by atoms with Crippen molar-refractivity contribution in [3.8, 4) is 0 Å². The number of nitrogens with two attached hydrogens (primary N) is 1. The van der Waals surface area contributed by atoms with Gasteiger partial charge in [-0.05, 0) is 0 Å². The van der Waals surface area contributed by atoms with Crippen LogP contribution in [0.5, 0.6) is 0 Å². The highest BCUT2D eigenvalue weighted by Gasteiger charge is 2.23. The molecule has 0 aliphatic carbocycles. The molecule has 0 bridgehead atoms. The maximum absolute atomic E-state index is 12.3. The zero-order valence-electron chi connectivity index (χ0n) is 12.1. The van der Waals surface area contributed by atoms with E-state index in [2.05, 4.69) is 10.3 Å². The molecule has 8 nitrogen and oxygen atoms in total. The van der Waals surface area contributed by atoms with Crippen molar-refractivity contribution in [3.05, 3.63) is 4.88 Å². The highest BCUT2D eigenvalue weighted by Crippen LogP contribution is 2.29. The van der Waals surface area contributed by atoms with Crippen LogP contribution in [0.15, 0.2) is 0 Å². The summed E-state index contributed by atoms with van der Waals surface area (Å²) in [6.45, 7) is 2.72. The Morgan fingerprint density at radius 2 is 2.14 bits per heavy atom. The molecule has 2 heterocycles. The molecule has 2 amide bonds. The van der Waals surface area contributed by atoms with Gasteiger partial charge in [0, 0.05) is 27.2 Å². The third-order valence-electron chi connectivity index (χ3n) is 3.12. The first kappa shape index (κ1) is 15.5. The molecule has 0 saturated carbocycles. The molecule has 1 aliphatic heterocycles. The molecule has 0 atom stereocenters. The highest BCUT2D eigenvalue weighted by atomic mass is 32.1. The largest absolute Gasteiger partial charge is 0.382 e. The van der Waals surface area contributed by atoms with E-state index in [1.165, 1.54) is 23.3 Å². The molecule has 21 heavy (non-hydrogen) atoms. The normalized spacial score (nSPS) is 14.9. The first-order valence-corrected chi connectivity index (χ1v) is 7.39. The Morgan fingerprint density at radius 3 is 2.76 bits per heavy atom. The maximum atomic E-state index is 12.3. The maximum Gasteiger partial charge on any atom is 0.268 e. The number of hydrogen-bond acceptors (Lipinski definition) is 7. The van der Waals surface area contributed by atoms with Gasteiger partial charge in [0.2, 0.25) is 5.91 Å². The van der Waals surface area contributed by atoms with Crippen LogP contribution >= 0.6 is 11.3 Å². The molecule has 0 unspecified atom stereocenters. The molecule has 1 saturated heterocycles. The van der Waals surface area contributed by atoms with Crippen LogP contribution in [0, 0.1) is 0 Å². The lowest BCUT2D eigenvalue weighted by atomic mass is 10.4. The zero-order valence-corrected chi connectivity index (χ0v) is 12.9. The van der Waals surface area contributed by atoms with Crippen LogP contribution in [0.3, 0.4) is 0 Å². The SMILES string of the molecule is CNC(=O)CN(C)C(=O)c1sc(N2CCOCC2)nc1N. The number of likely N-dealkylation sites (N-methyl/N-ethyl adjacent to an activating group) is 2. The molecule has 1 aromatic rings. The van der Waals surface area contributed by atoms with Crippen molar-refractivity contribution in [2.75, 3.05) is 57.6 Å². The van der Waals surface area contributed by atoms with Crippen LogP contribution in [0.1, 0.15) is 9.67 Å². The monoisotopic (exact) mass is 313 g/mol. The Kier molecular flexibility index (Phi) is 4.97. The number of carbonyl (C=O) groups is 2. The highest BCUT2D eigenvalue weighted by molar-refractivity contribution is 7.18. The molecule has 1 aromatic heterocycles. The summed E-state index contributed by atoms with van der Waals surface area (Å²) >= 11 is 1.25. The Labute approximate surface area is 126 Å². The van der Waals surface area contributed by atoms with Crippen LogP contribution in [-0.4, -0.2) is 68.6 Å². The van der Waals surface area contributed by atoms with Gasteiger partial charge in [0.05, 0.1) is 19.8 Å². The van der Waals surface area contributed by atoms with Crippen LogP contribution in [0.4, 0.5) is 10.9 Å². The number of nitrogens with zero attached hydrogens (tertiary/aromatic N) is 3. The zero-order chi connectivity index (χ0) is 15.4. The van der Waals surface area contributed by atoms with Crippen molar-refractivity contribution < 1.29 is 14.3 Å². The van der Waals surface area contributed by atoms with Crippen LogP contribution in [-0.2, 0) is 9.53 Å². The lowest BCUT2D eigenvalue weighted by Crippen LogP contribution is -2.36. The topological polar surface area (TPSA) is 101 Å². The number of thiazole rings is 1. The molecule has 0 spiro atoms. The summed E-state index contributed by atoms with van der Waals surface area (Å²) < 4.78 is 5.28. The Bertz CT molecular complexity index is 527. The number of ether oxygens (including phenoxy) is 1. The fourth-order valence-electron chi connectivity index (χ4n) is 1.90. The fourth-order valence-corrected chi connectivity index (χ4v) is 2.93. The van der Waals surface area contributed by atoms with Gasteiger partial charge in [-0.15, -0.1) is 0 Å². The molecular weight excluding hydrogens is 294 g/mol. The number of nitrogen functional groups attached to an aromatic ring is 1. The van der Waals surface area contributed by atoms with Gasteiger partial charge in [0.25, 0.3) is 5.91 Å². The van der Waals surface area contributed by atoms with E-state index in [9.17, 15) is 9.59 Å². The second kappa shape index (κ2) is 6.72. The minimum atomic E-state index is -0.298. The third kappa shape index (κ3) is 3.61. The first-order valence-electron chi connectivity index (χ1n) is 6.58. The molecule has 0 radical (unpaired) electrons. The number of nitrogens with one attached hydrogen (secondary N) is 1. The van der Waals surface area contributed by atoms with Gasteiger partial charge in [-0.1, -0.05) is 11.3 Å². The summed E-state index contributed by atoms with van der Waals surface area (Å²) in [5.41, 5.74) is 5.84. The van der Waals surface area contributed by atoms with Crippen molar-refractivity contribution in [1.82, 2.24) is 15.2 Å². The van der Waals surface area contributed by atoms with Gasteiger partial charge < -0.3 is 25.6 Å². The van der Waals surface area contributed by atoms with Gasteiger partial charge in [0.15, 0.2) is 5.13 Å². The van der Waals surface area contributed by atoms with Crippen LogP contribution in [0.25, 0.3) is 0 Å². The molecule has 3 N–H and O–H groups in total. The molecule has 1 fully saturated rings. The predicted octanol–water partition coefficient (Wildman–Crippen LogP) is -0.620. The molecular formula is C12H19N5O3S. The second-order valence-corrected chi connectivity index (χ2v) is 5.62. The smallest absolute Gasteiger partial charge is 0.268 e. The Hall–Kier alpha value is -1.87. The van der Waals surface area contributed by atoms with E-state index >= 15 is 0 Å². The summed E-state index contributed by atoms with van der Waals surface area (Å²) in [5, 5.41) is 3.19. The quantitative estimate of drug-likeness (QED) is 0.768. The predicted molar refractivity (Wildman–Crippen MR) is 80.6 cm³/mol. The first-order chi connectivity index (χ1) is 10.0. The van der Waals surface area contributed by atoms with Gasteiger partial charge >= 0.3 is 0 Å². The van der Waals surface area contributed by atoms with Gasteiger partial charge in [-0.3, -0.25) is 9.59 Å². The van der Waals surface area contributed by atoms with E-state index in [0.29, 0.717) is 23.2 Å². The Balaban J connectivity index is 2.10. The number of rotatable bonds is 4. The van der Waals surface area contributed by atoms with Gasteiger partial charge in [-0.2, -0.15) is 0 Å². The summed E-state index contributed by atoms with van der Waals surface area (Å²) in [4.78, 5) is 31.6. The number of carbonyl (C=O) groups excluding carboxylic acids is 2. The second-order valence-electron chi connectivity index (χ2n) is 4.64. The van der Waals surface area contributed by atoms with Crippen molar-refractivity contribution in [2.24, 2.45) is 0 Å². The molecule has 0 aromatic carbocycles. The average molecular weight is 313 g/mol. The van der Waals surface area contributed by atoms with Crippen LogP contribution < -0.4 is 16.0 Å². The minimum Gasteiger partial charge on any atom is -0.382 e. The van der Waals surface area contributed by atoms with Gasteiger partial charge in [-0.25, -0.2) is 4.98 Å². The third-order valence-corrected chi connectivity index (χ3v) is 4.24. The molecule has 116 valence electrons. The van der Waals surface area contributed by atoms with E-state index in [1.807, 2.05) is 4.90 Å². The number of morpholine rings is 1. The van der Waals surface area contributed by atoms with Crippen molar-refractivity contribution >= 4 is 34.1 Å². The number of aromatic nitrogens is 1. The average Bonchev–Trinajstić information content (AvgIpc) is 2.89. The fraction of sp³-hybridized carbons (Fsp3) is 0.583. The Morgan fingerprint density at radius 1 is 1.48 bits per heavy atom. The summed E-state index contributed by atoms with van der Waals surface area (Å²) in [5.74, 6) is -0.328. The molecule has 9 heteroatoms. The minimum absolute atomic E-state index is 0.0143. The summed E-state index contributed by atoms with van der Waals surface area (Å²) in [6, 6.07) is 0. The van der Waals surface area contributed by atoms with Gasteiger partial charge in [0.1, 0.15) is 10.7 Å². The number of amides is 2. The molecule has 1 aliphatic rings. The number of hydrogen-bond donors (Lipinski definition) is 2. The van der Waals surface area contributed by atoms with Crippen molar-refractivity contribution in [2.45, 2.75) is 0 Å². The summed E-state index contributed by atoms with van der Waals surface area (Å²) in [6.07, 6.45) is 0. The van der Waals surface area contributed by atoms with Crippen molar-refractivity contribution in [3.63, 3.8) is 0 Å². The van der Waals surface area contributed by atoms with E-state index in [4.69, 9.17) is 10.5 Å². The van der Waals surface area contributed by atoms with E-state index < -0.39 is 0 Å². The molecule has 2 rings (SSSR count).